The first kappa shape index (κ1) is 18.5. The van der Waals surface area contributed by atoms with Crippen LogP contribution in [-0.2, 0) is 0 Å². The van der Waals surface area contributed by atoms with E-state index in [2.05, 4.69) is 27.9 Å². The Kier molecular flexibility index (Phi) is 6.19. The first-order valence-electron chi connectivity index (χ1n) is 9.16. The van der Waals surface area contributed by atoms with Gasteiger partial charge in [0, 0.05) is 35.8 Å². The van der Waals surface area contributed by atoms with Crippen molar-refractivity contribution in [3.63, 3.8) is 0 Å². The van der Waals surface area contributed by atoms with Crippen molar-refractivity contribution in [2.75, 3.05) is 26.2 Å². The van der Waals surface area contributed by atoms with Crippen LogP contribution in [-0.4, -0.2) is 54.0 Å². The highest BCUT2D eigenvalue weighted by molar-refractivity contribution is 14.1. The Morgan fingerprint density at radius 3 is 2.36 bits per heavy atom. The van der Waals surface area contributed by atoms with Gasteiger partial charge in [-0.05, 0) is 54.0 Å². The van der Waals surface area contributed by atoms with Crippen LogP contribution in [0, 0.1) is 10.5 Å². The highest BCUT2D eigenvalue weighted by atomic mass is 127. The van der Waals surface area contributed by atoms with Crippen molar-refractivity contribution >= 4 is 34.5 Å². The summed E-state index contributed by atoms with van der Waals surface area (Å²) in [6.07, 6.45) is 5.89. The van der Waals surface area contributed by atoms with Crippen LogP contribution in [0.4, 0.5) is 4.79 Å². The summed E-state index contributed by atoms with van der Waals surface area (Å²) in [5, 5.41) is 3.16. The van der Waals surface area contributed by atoms with Crippen LogP contribution in [0.2, 0.25) is 0 Å². The van der Waals surface area contributed by atoms with Crippen molar-refractivity contribution in [3.05, 3.63) is 32.9 Å². The Balaban J connectivity index is 1.53. The largest absolute Gasteiger partial charge is 0.335 e. The number of urea groups is 1. The lowest BCUT2D eigenvalue weighted by Gasteiger charge is -2.36. The third-order valence-electron chi connectivity index (χ3n) is 5.21. The van der Waals surface area contributed by atoms with Crippen LogP contribution in [0.5, 0.6) is 0 Å². The fraction of sp³-hybridized carbons (Fsp3) is 0.579. The number of aryl methyl sites for hydroxylation is 1. The Morgan fingerprint density at radius 2 is 1.68 bits per heavy atom. The number of benzene rings is 1. The molecule has 1 saturated carbocycles. The molecule has 1 aromatic rings. The predicted molar refractivity (Wildman–Crippen MR) is 107 cm³/mol. The molecule has 0 aromatic heterocycles. The van der Waals surface area contributed by atoms with Gasteiger partial charge < -0.3 is 15.1 Å². The molecule has 0 unspecified atom stereocenters. The Morgan fingerprint density at radius 1 is 1.04 bits per heavy atom. The lowest BCUT2D eigenvalue weighted by Crippen LogP contribution is -2.54. The SMILES string of the molecule is Cc1cccc(C(=O)N2CCN(C(=O)NC3CCCCC3)CC2)c1I. The maximum absolute atomic E-state index is 12.8. The van der Waals surface area contributed by atoms with Crippen molar-refractivity contribution in [2.24, 2.45) is 0 Å². The Labute approximate surface area is 163 Å². The van der Waals surface area contributed by atoms with Crippen LogP contribution >= 0.6 is 22.6 Å². The topological polar surface area (TPSA) is 52.7 Å². The minimum Gasteiger partial charge on any atom is -0.335 e. The van der Waals surface area contributed by atoms with Gasteiger partial charge in [0.1, 0.15) is 0 Å². The third-order valence-corrected chi connectivity index (χ3v) is 6.64. The van der Waals surface area contributed by atoms with Crippen molar-refractivity contribution < 1.29 is 9.59 Å². The normalized spacial score (nSPS) is 19.0. The van der Waals surface area contributed by atoms with Gasteiger partial charge in [-0.15, -0.1) is 0 Å². The van der Waals surface area contributed by atoms with Crippen LogP contribution in [0.1, 0.15) is 48.0 Å². The highest BCUT2D eigenvalue weighted by Crippen LogP contribution is 2.20. The summed E-state index contributed by atoms with van der Waals surface area (Å²) in [7, 11) is 0. The molecule has 1 N–H and O–H groups in total. The molecular formula is C19H26IN3O2. The van der Waals surface area contributed by atoms with Crippen molar-refractivity contribution in [3.8, 4) is 0 Å². The van der Waals surface area contributed by atoms with Gasteiger partial charge in [-0.25, -0.2) is 4.79 Å². The maximum Gasteiger partial charge on any atom is 0.317 e. The van der Waals surface area contributed by atoms with Crippen LogP contribution in [0.3, 0.4) is 0 Å². The number of nitrogens with zero attached hydrogens (tertiary/aromatic N) is 2. The van der Waals surface area contributed by atoms with E-state index in [1.807, 2.05) is 34.9 Å². The zero-order chi connectivity index (χ0) is 17.8. The van der Waals surface area contributed by atoms with Gasteiger partial charge in [-0.1, -0.05) is 31.4 Å². The lowest BCUT2D eigenvalue weighted by molar-refractivity contribution is 0.0661. The highest BCUT2D eigenvalue weighted by Gasteiger charge is 2.27. The number of carbonyl (C=O) groups is 2. The molecule has 1 saturated heterocycles. The number of halogens is 1. The summed E-state index contributed by atoms with van der Waals surface area (Å²) in [5.41, 5.74) is 1.89. The van der Waals surface area contributed by atoms with E-state index in [-0.39, 0.29) is 11.9 Å². The molecule has 25 heavy (non-hydrogen) atoms. The molecule has 2 aliphatic rings. The summed E-state index contributed by atoms with van der Waals surface area (Å²) >= 11 is 2.24. The van der Waals surface area contributed by atoms with Crippen LogP contribution in [0.25, 0.3) is 0 Å². The molecule has 0 atom stereocenters. The molecule has 0 bridgehead atoms. The number of piperazine rings is 1. The molecule has 1 heterocycles. The molecule has 3 amide bonds. The Bertz CT molecular complexity index is 636. The smallest absolute Gasteiger partial charge is 0.317 e. The van der Waals surface area contributed by atoms with Gasteiger partial charge in [0.05, 0.1) is 5.56 Å². The fourth-order valence-corrected chi connectivity index (χ4v) is 4.20. The number of amides is 3. The van der Waals surface area contributed by atoms with Crippen LogP contribution < -0.4 is 5.32 Å². The number of hydrogen-bond acceptors (Lipinski definition) is 2. The van der Waals surface area contributed by atoms with Crippen molar-refractivity contribution in [1.82, 2.24) is 15.1 Å². The van der Waals surface area contributed by atoms with Gasteiger partial charge in [0.25, 0.3) is 5.91 Å². The standard InChI is InChI=1S/C19H26IN3O2/c1-14-6-5-9-16(17(14)20)18(24)22-10-12-23(13-11-22)19(25)21-15-7-3-2-4-8-15/h5-6,9,15H,2-4,7-8,10-13H2,1H3,(H,21,25). The molecule has 136 valence electrons. The number of nitrogens with one attached hydrogen (secondary N) is 1. The summed E-state index contributed by atoms with van der Waals surface area (Å²) in [5.74, 6) is 0.0699. The Hall–Kier alpha value is -1.31. The van der Waals surface area contributed by atoms with E-state index >= 15 is 0 Å². The molecule has 1 aromatic carbocycles. The van der Waals surface area contributed by atoms with E-state index in [0.29, 0.717) is 32.2 Å². The predicted octanol–water partition coefficient (Wildman–Crippen LogP) is 3.40. The molecule has 3 rings (SSSR count). The zero-order valence-electron chi connectivity index (χ0n) is 14.8. The van der Waals surface area contributed by atoms with E-state index < -0.39 is 0 Å². The van der Waals surface area contributed by atoms with Gasteiger partial charge in [0.15, 0.2) is 0 Å². The monoisotopic (exact) mass is 455 g/mol. The average molecular weight is 455 g/mol. The summed E-state index contributed by atoms with van der Waals surface area (Å²) in [4.78, 5) is 28.9. The van der Waals surface area contributed by atoms with Gasteiger partial charge in [-0.3, -0.25) is 4.79 Å². The molecule has 5 nitrogen and oxygen atoms in total. The minimum absolute atomic E-state index is 0.0316. The molecule has 1 aliphatic carbocycles. The number of hydrogen-bond donors (Lipinski definition) is 1. The van der Waals surface area contributed by atoms with E-state index in [9.17, 15) is 9.59 Å². The second kappa shape index (κ2) is 8.38. The van der Waals surface area contributed by atoms with E-state index in [0.717, 1.165) is 27.5 Å². The average Bonchev–Trinajstić information content (AvgIpc) is 2.64. The summed E-state index contributed by atoms with van der Waals surface area (Å²) < 4.78 is 1.02. The van der Waals surface area contributed by atoms with E-state index in [1.54, 1.807) is 0 Å². The number of carbonyl (C=O) groups excluding carboxylic acids is 2. The minimum atomic E-state index is 0.0316. The first-order chi connectivity index (χ1) is 12.1. The quantitative estimate of drug-likeness (QED) is 0.696. The lowest BCUT2D eigenvalue weighted by atomic mass is 9.96. The fourth-order valence-electron chi connectivity index (χ4n) is 3.61. The molecule has 2 fully saturated rings. The summed E-state index contributed by atoms with van der Waals surface area (Å²) in [6, 6.07) is 6.20. The van der Waals surface area contributed by atoms with Crippen molar-refractivity contribution in [2.45, 2.75) is 45.1 Å². The molecule has 0 spiro atoms. The maximum atomic E-state index is 12.8. The van der Waals surface area contributed by atoms with Gasteiger partial charge in [0.2, 0.25) is 0 Å². The summed E-state index contributed by atoms with van der Waals surface area (Å²) in [6.45, 7) is 4.42. The second-order valence-corrected chi connectivity index (χ2v) is 8.08. The van der Waals surface area contributed by atoms with Crippen molar-refractivity contribution in [1.29, 1.82) is 0 Å². The van der Waals surface area contributed by atoms with E-state index in [1.165, 1.54) is 19.3 Å². The van der Waals surface area contributed by atoms with E-state index in [4.69, 9.17) is 0 Å². The zero-order valence-corrected chi connectivity index (χ0v) is 16.9. The molecular weight excluding hydrogens is 429 g/mol. The molecule has 6 heteroatoms. The first-order valence-corrected chi connectivity index (χ1v) is 10.2. The third kappa shape index (κ3) is 4.46. The molecule has 1 aliphatic heterocycles. The second-order valence-electron chi connectivity index (χ2n) is 7.00. The van der Waals surface area contributed by atoms with Gasteiger partial charge in [-0.2, -0.15) is 0 Å². The van der Waals surface area contributed by atoms with Gasteiger partial charge >= 0.3 is 6.03 Å². The molecule has 0 radical (unpaired) electrons. The van der Waals surface area contributed by atoms with Crippen LogP contribution in [0.15, 0.2) is 18.2 Å². The number of rotatable bonds is 2.